The van der Waals surface area contributed by atoms with E-state index in [-0.39, 0.29) is 0 Å². The van der Waals surface area contributed by atoms with Gasteiger partial charge in [0.05, 0.1) is 0 Å². The summed E-state index contributed by atoms with van der Waals surface area (Å²) >= 11 is 0. The van der Waals surface area contributed by atoms with Gasteiger partial charge in [-0.15, -0.1) is 0 Å². The van der Waals surface area contributed by atoms with Crippen molar-refractivity contribution in [2.45, 2.75) is 0 Å². The molecule has 2 heteroatoms. The Morgan fingerprint density at radius 3 is 2.44 bits per heavy atom. The molecule has 0 fully saturated rings. The van der Waals surface area contributed by atoms with Crippen LogP contribution in [0.2, 0.25) is 0 Å². The van der Waals surface area contributed by atoms with Gasteiger partial charge in [-0.05, 0) is 18.0 Å². The molecule has 1 nitrogen and oxygen atoms in total. The van der Waals surface area contributed by atoms with Crippen LogP contribution in [-0.4, -0.2) is 6.66 Å². The first-order valence-corrected chi connectivity index (χ1v) is 4.37. The van der Waals surface area contributed by atoms with Crippen molar-refractivity contribution in [2.24, 2.45) is 0 Å². The lowest BCUT2D eigenvalue weighted by molar-refractivity contribution is 1.74. The third kappa shape index (κ3) is 1.43. The lowest BCUT2D eigenvalue weighted by atomic mass is 10.3. The molecule has 0 amide bonds. The van der Waals surface area contributed by atoms with E-state index in [0.717, 1.165) is 14.3 Å². The molecule has 0 bridgehead atoms. The molecule has 0 radical (unpaired) electrons. The minimum atomic E-state index is 0.804. The minimum absolute atomic E-state index is 0.804. The van der Waals surface area contributed by atoms with Crippen LogP contribution in [0.4, 0.5) is 5.69 Å². The highest BCUT2D eigenvalue weighted by Crippen LogP contribution is 2.09. The maximum Gasteiger partial charge on any atom is 0.0389 e. The third-order valence-electron chi connectivity index (χ3n) is 1.23. The van der Waals surface area contributed by atoms with Crippen molar-refractivity contribution in [3.63, 3.8) is 0 Å². The summed E-state index contributed by atoms with van der Waals surface area (Å²) in [6.45, 7) is 2.13. The number of nitrogen functional groups attached to an aromatic ring is 1. The van der Waals surface area contributed by atoms with Crippen molar-refractivity contribution < 1.29 is 0 Å². The van der Waals surface area contributed by atoms with Crippen LogP contribution in [0.5, 0.6) is 0 Å². The Labute approximate surface area is 57.1 Å². The predicted octanol–water partition coefficient (Wildman–Crippen LogP) is 1.20. The Bertz CT molecular complexity index is 198. The van der Waals surface area contributed by atoms with Gasteiger partial charge in [0.25, 0.3) is 0 Å². The second-order valence-corrected chi connectivity index (χ2v) is 2.88. The van der Waals surface area contributed by atoms with E-state index in [1.165, 1.54) is 5.30 Å². The molecule has 0 aliphatic carbocycles. The molecular weight excluding hydrogens is 129 g/mol. The summed E-state index contributed by atoms with van der Waals surface area (Å²) in [4.78, 5) is 0. The molecule has 0 spiro atoms. The fourth-order valence-corrected chi connectivity index (χ4v) is 1.36. The number of hydrogen-bond acceptors (Lipinski definition) is 1. The minimum Gasteiger partial charge on any atom is -0.398 e. The summed E-state index contributed by atoms with van der Waals surface area (Å²) in [6.07, 6.45) is 0. The lowest BCUT2D eigenvalue weighted by Gasteiger charge is -1.98. The SMILES string of the molecule is CPc1ccccc1N. The van der Waals surface area contributed by atoms with E-state index in [9.17, 15) is 0 Å². The van der Waals surface area contributed by atoms with Gasteiger partial charge in [0.15, 0.2) is 0 Å². The maximum absolute atomic E-state index is 5.64. The molecule has 0 aromatic heterocycles. The zero-order valence-corrected chi connectivity index (χ0v) is 6.39. The van der Waals surface area contributed by atoms with Crippen molar-refractivity contribution in [1.29, 1.82) is 0 Å². The van der Waals surface area contributed by atoms with Crippen molar-refractivity contribution in [1.82, 2.24) is 0 Å². The Hall–Kier alpha value is -0.550. The van der Waals surface area contributed by atoms with Crippen LogP contribution in [0.1, 0.15) is 0 Å². The van der Waals surface area contributed by atoms with E-state index < -0.39 is 0 Å². The first-order chi connectivity index (χ1) is 4.34. The van der Waals surface area contributed by atoms with E-state index in [2.05, 4.69) is 12.7 Å². The Morgan fingerprint density at radius 1 is 1.33 bits per heavy atom. The monoisotopic (exact) mass is 139 g/mol. The van der Waals surface area contributed by atoms with Crippen LogP contribution in [0.15, 0.2) is 24.3 Å². The molecule has 0 saturated heterocycles. The Kier molecular flexibility index (Phi) is 2.07. The van der Waals surface area contributed by atoms with Gasteiger partial charge in [-0.25, -0.2) is 0 Å². The quantitative estimate of drug-likeness (QED) is 0.459. The summed E-state index contributed by atoms with van der Waals surface area (Å²) in [6, 6.07) is 7.97. The molecular formula is C7H10NP. The average molecular weight is 139 g/mol. The van der Waals surface area contributed by atoms with Crippen molar-refractivity contribution in [2.75, 3.05) is 12.4 Å². The standard InChI is InChI=1S/C7H10NP/c1-9-7-5-3-2-4-6(7)8/h2-5,9H,8H2,1H3. The largest absolute Gasteiger partial charge is 0.398 e. The number of anilines is 1. The molecule has 0 aliphatic rings. The van der Waals surface area contributed by atoms with Crippen LogP contribution in [0.25, 0.3) is 0 Å². The van der Waals surface area contributed by atoms with Crippen LogP contribution in [0, 0.1) is 0 Å². The average Bonchev–Trinajstić information content (AvgIpc) is 1.89. The van der Waals surface area contributed by atoms with E-state index >= 15 is 0 Å². The summed E-state index contributed by atoms with van der Waals surface area (Å²) in [5, 5.41) is 1.26. The second-order valence-electron chi connectivity index (χ2n) is 1.84. The summed E-state index contributed by atoms with van der Waals surface area (Å²) in [7, 11) is 0.804. The number of rotatable bonds is 1. The Morgan fingerprint density at radius 2 is 2.00 bits per heavy atom. The zero-order chi connectivity index (χ0) is 6.69. The topological polar surface area (TPSA) is 26.0 Å². The summed E-state index contributed by atoms with van der Waals surface area (Å²) in [5.74, 6) is 0. The van der Waals surface area contributed by atoms with Gasteiger partial charge in [-0.2, -0.15) is 0 Å². The van der Waals surface area contributed by atoms with Crippen LogP contribution < -0.4 is 11.0 Å². The van der Waals surface area contributed by atoms with Crippen LogP contribution >= 0.6 is 8.58 Å². The molecule has 2 N–H and O–H groups in total. The second kappa shape index (κ2) is 2.84. The van der Waals surface area contributed by atoms with Gasteiger partial charge in [0.2, 0.25) is 0 Å². The normalized spacial score (nSPS) is 10.8. The van der Waals surface area contributed by atoms with Crippen molar-refractivity contribution in [3.05, 3.63) is 24.3 Å². The van der Waals surface area contributed by atoms with Gasteiger partial charge in [0.1, 0.15) is 0 Å². The highest BCUT2D eigenvalue weighted by Gasteiger charge is 1.90. The van der Waals surface area contributed by atoms with E-state index in [0.29, 0.717) is 0 Å². The molecule has 0 heterocycles. The van der Waals surface area contributed by atoms with Gasteiger partial charge in [0, 0.05) is 5.69 Å². The number of nitrogens with two attached hydrogens (primary N) is 1. The zero-order valence-electron chi connectivity index (χ0n) is 5.39. The molecule has 1 atom stereocenters. The first kappa shape index (κ1) is 6.57. The van der Waals surface area contributed by atoms with Gasteiger partial charge in [-0.1, -0.05) is 26.8 Å². The first-order valence-electron chi connectivity index (χ1n) is 2.87. The molecule has 0 saturated carbocycles. The fraction of sp³-hybridized carbons (Fsp3) is 0.143. The predicted molar refractivity (Wildman–Crippen MR) is 44.7 cm³/mol. The number of benzene rings is 1. The highest BCUT2D eigenvalue weighted by atomic mass is 31.1. The van der Waals surface area contributed by atoms with Crippen LogP contribution in [-0.2, 0) is 0 Å². The smallest absolute Gasteiger partial charge is 0.0389 e. The van der Waals surface area contributed by atoms with Crippen LogP contribution in [0.3, 0.4) is 0 Å². The van der Waals surface area contributed by atoms with Crippen molar-refractivity contribution in [3.8, 4) is 0 Å². The van der Waals surface area contributed by atoms with E-state index in [1.54, 1.807) is 0 Å². The molecule has 0 aliphatic heterocycles. The van der Waals surface area contributed by atoms with E-state index in [4.69, 9.17) is 5.73 Å². The molecule has 1 unspecified atom stereocenters. The summed E-state index contributed by atoms with van der Waals surface area (Å²) in [5.41, 5.74) is 6.55. The van der Waals surface area contributed by atoms with Crippen molar-refractivity contribution >= 4 is 19.6 Å². The molecule has 9 heavy (non-hydrogen) atoms. The van der Waals surface area contributed by atoms with E-state index in [1.807, 2.05) is 18.2 Å². The molecule has 48 valence electrons. The maximum atomic E-state index is 5.64. The number of para-hydroxylation sites is 1. The number of hydrogen-bond donors (Lipinski definition) is 1. The Balaban J connectivity index is 3.01. The molecule has 1 rings (SSSR count). The molecule has 1 aromatic rings. The third-order valence-corrected chi connectivity index (χ3v) is 2.22. The molecule has 1 aromatic carbocycles. The fourth-order valence-electron chi connectivity index (χ4n) is 0.725. The van der Waals surface area contributed by atoms with Gasteiger partial charge < -0.3 is 5.73 Å². The van der Waals surface area contributed by atoms with Gasteiger partial charge >= 0.3 is 0 Å². The summed E-state index contributed by atoms with van der Waals surface area (Å²) < 4.78 is 0. The van der Waals surface area contributed by atoms with Gasteiger partial charge in [-0.3, -0.25) is 0 Å². The highest BCUT2D eigenvalue weighted by molar-refractivity contribution is 7.46. The lowest BCUT2D eigenvalue weighted by Crippen LogP contribution is -2.01.